The molecule has 0 bridgehead atoms. The average Bonchev–Trinajstić information content (AvgIpc) is 2.27. The van der Waals surface area contributed by atoms with E-state index >= 15 is 0 Å². The minimum atomic E-state index is -1.03. The van der Waals surface area contributed by atoms with Crippen molar-refractivity contribution in [3.63, 3.8) is 0 Å². The van der Waals surface area contributed by atoms with Gasteiger partial charge in [-0.15, -0.1) is 6.42 Å². The molecule has 96 valence electrons. The van der Waals surface area contributed by atoms with Crippen LogP contribution in [0.25, 0.3) is 0 Å². The number of nitrogen functional groups attached to an aromatic ring is 1. The van der Waals surface area contributed by atoms with Gasteiger partial charge in [0.25, 0.3) is 0 Å². The second kappa shape index (κ2) is 4.85. The second-order valence-corrected chi connectivity index (χ2v) is 3.94. The van der Waals surface area contributed by atoms with Crippen molar-refractivity contribution in [3.8, 4) is 18.2 Å². The molecule has 8 heteroatoms. The molecule has 0 atom stereocenters. The molecule has 1 heterocycles. The summed E-state index contributed by atoms with van der Waals surface area (Å²) in [5, 5.41) is 11.0. The Labute approximate surface area is 104 Å². The van der Waals surface area contributed by atoms with E-state index in [1.54, 1.807) is 13.8 Å². The molecule has 0 aliphatic heterocycles. The van der Waals surface area contributed by atoms with Gasteiger partial charge in [-0.1, -0.05) is 5.92 Å². The van der Waals surface area contributed by atoms with Crippen LogP contribution >= 0.6 is 0 Å². The number of aryl methyl sites for hydroxylation is 1. The lowest BCUT2D eigenvalue weighted by molar-refractivity contribution is -0.387. The third kappa shape index (κ3) is 2.83. The summed E-state index contributed by atoms with van der Waals surface area (Å²) in [5.41, 5.74) is 0.966. The Morgan fingerprint density at radius 1 is 1.56 bits per heavy atom. The van der Waals surface area contributed by atoms with Crippen molar-refractivity contribution >= 4 is 11.6 Å². The van der Waals surface area contributed by atoms with Gasteiger partial charge in [-0.25, -0.2) is 10.8 Å². The average molecular weight is 251 g/mol. The third-order valence-corrected chi connectivity index (χ3v) is 2.04. The van der Waals surface area contributed by atoms with E-state index in [0.29, 0.717) is 0 Å². The second-order valence-electron chi connectivity index (χ2n) is 3.94. The number of anilines is 1. The van der Waals surface area contributed by atoms with E-state index in [1.807, 2.05) is 0 Å². The predicted octanol–water partition coefficient (Wildman–Crippen LogP) is 0.769. The molecular formula is C10H13N5O3. The van der Waals surface area contributed by atoms with Crippen molar-refractivity contribution in [3.05, 3.63) is 15.8 Å². The van der Waals surface area contributed by atoms with E-state index in [0.717, 1.165) is 0 Å². The summed E-state index contributed by atoms with van der Waals surface area (Å²) in [6.45, 7) is 4.63. The van der Waals surface area contributed by atoms with Crippen LogP contribution < -0.4 is 16.0 Å². The van der Waals surface area contributed by atoms with Crippen molar-refractivity contribution in [2.24, 2.45) is 5.84 Å². The maximum absolute atomic E-state index is 11.0. The molecule has 0 unspecified atom stereocenters. The number of terminal acetylenes is 1. The number of hydrogen-bond acceptors (Lipinski definition) is 7. The molecular weight excluding hydrogens is 238 g/mol. The summed E-state index contributed by atoms with van der Waals surface area (Å²) in [6, 6.07) is 0. The first-order valence-electron chi connectivity index (χ1n) is 4.97. The van der Waals surface area contributed by atoms with Crippen LogP contribution in [0, 0.1) is 29.4 Å². The zero-order valence-corrected chi connectivity index (χ0v) is 10.2. The van der Waals surface area contributed by atoms with Crippen LogP contribution in [-0.2, 0) is 0 Å². The Kier molecular flexibility index (Phi) is 3.68. The number of nitrogens with one attached hydrogen (secondary N) is 1. The van der Waals surface area contributed by atoms with E-state index < -0.39 is 10.5 Å². The van der Waals surface area contributed by atoms with Crippen LogP contribution in [-0.4, -0.2) is 20.5 Å². The largest absolute Gasteiger partial charge is 0.453 e. The number of nitrogens with zero attached hydrogens (tertiary/aromatic N) is 3. The number of nitrogens with two attached hydrogens (primary N) is 1. The molecule has 18 heavy (non-hydrogen) atoms. The smallest absolute Gasteiger partial charge is 0.352 e. The Hall–Kier alpha value is -2.40. The number of nitro groups is 1. The quantitative estimate of drug-likeness (QED) is 0.351. The van der Waals surface area contributed by atoms with Gasteiger partial charge < -0.3 is 4.74 Å². The number of hydrazine groups is 1. The van der Waals surface area contributed by atoms with Gasteiger partial charge in [-0.05, 0) is 20.8 Å². The number of rotatable bonds is 4. The number of aromatic nitrogens is 2. The Balaban J connectivity index is 3.35. The van der Waals surface area contributed by atoms with Crippen LogP contribution in [0.1, 0.15) is 19.5 Å². The molecule has 0 spiro atoms. The molecule has 0 saturated carbocycles. The first kappa shape index (κ1) is 13.7. The molecule has 1 aromatic rings. The van der Waals surface area contributed by atoms with Crippen molar-refractivity contribution in [2.75, 3.05) is 5.43 Å². The van der Waals surface area contributed by atoms with E-state index in [1.165, 1.54) is 6.92 Å². The number of hydrogen-bond donors (Lipinski definition) is 2. The van der Waals surface area contributed by atoms with Gasteiger partial charge in [-0.2, -0.15) is 4.98 Å². The van der Waals surface area contributed by atoms with E-state index in [9.17, 15) is 10.1 Å². The zero-order chi connectivity index (χ0) is 13.9. The van der Waals surface area contributed by atoms with Gasteiger partial charge >= 0.3 is 11.6 Å². The predicted molar refractivity (Wildman–Crippen MR) is 64.8 cm³/mol. The fourth-order valence-corrected chi connectivity index (χ4v) is 1.16. The minimum absolute atomic E-state index is 0.0147. The minimum Gasteiger partial charge on any atom is -0.453 e. The summed E-state index contributed by atoms with van der Waals surface area (Å²) in [6.07, 6.45) is 5.26. The van der Waals surface area contributed by atoms with E-state index in [2.05, 4.69) is 21.3 Å². The van der Waals surface area contributed by atoms with Crippen LogP contribution in [0.4, 0.5) is 11.6 Å². The van der Waals surface area contributed by atoms with Crippen molar-refractivity contribution in [2.45, 2.75) is 26.4 Å². The fraction of sp³-hybridized carbons (Fsp3) is 0.400. The molecule has 0 saturated heterocycles. The monoisotopic (exact) mass is 251 g/mol. The van der Waals surface area contributed by atoms with Crippen LogP contribution in [0.2, 0.25) is 0 Å². The Morgan fingerprint density at radius 2 is 2.17 bits per heavy atom. The van der Waals surface area contributed by atoms with Crippen molar-refractivity contribution < 1.29 is 9.66 Å². The van der Waals surface area contributed by atoms with Gasteiger partial charge in [0.15, 0.2) is 5.60 Å². The van der Waals surface area contributed by atoms with Crippen LogP contribution in [0.15, 0.2) is 0 Å². The van der Waals surface area contributed by atoms with Gasteiger partial charge in [0.1, 0.15) is 5.69 Å². The van der Waals surface area contributed by atoms with Gasteiger partial charge in [0.05, 0.1) is 4.92 Å². The lowest BCUT2D eigenvalue weighted by atomic mass is 10.1. The maximum atomic E-state index is 11.0. The molecule has 0 aliphatic carbocycles. The molecule has 1 rings (SSSR count). The highest BCUT2D eigenvalue weighted by molar-refractivity contribution is 5.49. The molecule has 0 fully saturated rings. The molecule has 0 aromatic carbocycles. The van der Waals surface area contributed by atoms with Crippen molar-refractivity contribution in [1.29, 1.82) is 0 Å². The lowest BCUT2D eigenvalue weighted by Crippen LogP contribution is -2.27. The SMILES string of the molecule is C#CC(C)(C)Oc1nc(NN)nc(C)c1[N+](=O)[O-]. The normalized spacial score (nSPS) is 10.6. The van der Waals surface area contributed by atoms with Crippen molar-refractivity contribution in [1.82, 2.24) is 9.97 Å². The van der Waals surface area contributed by atoms with E-state index in [4.69, 9.17) is 17.0 Å². The first-order chi connectivity index (χ1) is 8.30. The third-order valence-electron chi connectivity index (χ3n) is 2.04. The zero-order valence-electron chi connectivity index (χ0n) is 10.2. The lowest BCUT2D eigenvalue weighted by Gasteiger charge is -2.19. The van der Waals surface area contributed by atoms with Gasteiger partial charge in [0.2, 0.25) is 5.95 Å². The first-order valence-corrected chi connectivity index (χ1v) is 4.97. The summed E-state index contributed by atoms with van der Waals surface area (Å²) < 4.78 is 5.34. The topological polar surface area (TPSA) is 116 Å². The maximum Gasteiger partial charge on any atom is 0.352 e. The Bertz CT molecular complexity index is 521. The van der Waals surface area contributed by atoms with Gasteiger partial charge in [-0.3, -0.25) is 15.5 Å². The summed E-state index contributed by atoms with van der Waals surface area (Å²) >= 11 is 0. The highest BCUT2D eigenvalue weighted by Gasteiger charge is 2.28. The highest BCUT2D eigenvalue weighted by atomic mass is 16.6. The standard InChI is InChI=1S/C10H13N5O3/c1-5-10(3,4)18-8-7(15(16)17)6(2)12-9(13-8)14-11/h1H,11H2,2-4H3,(H,12,13,14). The number of ether oxygens (including phenoxy) is 1. The van der Waals surface area contributed by atoms with E-state index in [-0.39, 0.29) is 23.2 Å². The van der Waals surface area contributed by atoms with Gasteiger partial charge in [0, 0.05) is 0 Å². The summed E-state index contributed by atoms with van der Waals surface area (Å²) in [7, 11) is 0. The molecule has 3 N–H and O–H groups in total. The van der Waals surface area contributed by atoms with Crippen LogP contribution in [0.3, 0.4) is 0 Å². The summed E-state index contributed by atoms with van der Waals surface area (Å²) in [5.74, 6) is 7.32. The van der Waals surface area contributed by atoms with Crippen LogP contribution in [0.5, 0.6) is 5.88 Å². The molecule has 8 nitrogen and oxygen atoms in total. The Morgan fingerprint density at radius 3 is 2.61 bits per heavy atom. The molecule has 0 amide bonds. The molecule has 1 aromatic heterocycles. The molecule has 0 aliphatic rings. The fourth-order valence-electron chi connectivity index (χ4n) is 1.16. The molecule has 0 radical (unpaired) electrons. The summed E-state index contributed by atoms with van der Waals surface area (Å²) in [4.78, 5) is 17.9. The highest BCUT2D eigenvalue weighted by Crippen LogP contribution is 2.30.